The summed E-state index contributed by atoms with van der Waals surface area (Å²) in [4.78, 5) is 0. The summed E-state index contributed by atoms with van der Waals surface area (Å²) in [6, 6.07) is 4.23. The average molecular weight is 284 g/mol. The van der Waals surface area contributed by atoms with Crippen LogP contribution in [0.5, 0.6) is 5.75 Å². The molecule has 0 aliphatic heterocycles. The van der Waals surface area contributed by atoms with E-state index in [1.807, 2.05) is 0 Å². The minimum absolute atomic E-state index is 0.106. The summed E-state index contributed by atoms with van der Waals surface area (Å²) in [5, 5.41) is 0. The maximum atomic E-state index is 6.21. The fraction of sp³-hybridized carbons (Fsp3) is 0.538. The van der Waals surface area contributed by atoms with Crippen molar-refractivity contribution < 1.29 is 4.74 Å². The number of hydrogen-bond acceptors (Lipinski definition) is 2. The largest absolute Gasteiger partial charge is 0.496 e. The SMILES string of the molecule is COc1cc(C2(N)CC2)cc(Br)c1C(C)C. The van der Waals surface area contributed by atoms with Crippen molar-refractivity contribution in [3.63, 3.8) is 0 Å². The third kappa shape index (κ3) is 1.98. The Kier molecular flexibility index (Phi) is 3.01. The first-order valence-corrected chi connectivity index (χ1v) is 6.44. The maximum absolute atomic E-state index is 6.21. The van der Waals surface area contributed by atoms with Crippen LogP contribution in [0.15, 0.2) is 16.6 Å². The molecule has 1 aromatic carbocycles. The molecule has 1 saturated carbocycles. The number of rotatable bonds is 3. The van der Waals surface area contributed by atoms with Crippen LogP contribution < -0.4 is 10.5 Å². The van der Waals surface area contributed by atoms with Gasteiger partial charge in [0, 0.05) is 15.6 Å². The van der Waals surface area contributed by atoms with Crippen molar-refractivity contribution in [1.29, 1.82) is 0 Å². The molecule has 0 atom stereocenters. The van der Waals surface area contributed by atoms with E-state index in [-0.39, 0.29) is 5.54 Å². The summed E-state index contributed by atoms with van der Waals surface area (Å²) in [5.41, 5.74) is 8.50. The number of nitrogens with two attached hydrogens (primary N) is 1. The highest BCUT2D eigenvalue weighted by Gasteiger charge is 2.40. The maximum Gasteiger partial charge on any atom is 0.123 e. The first-order valence-electron chi connectivity index (χ1n) is 5.65. The molecule has 1 aliphatic carbocycles. The highest BCUT2D eigenvalue weighted by molar-refractivity contribution is 9.10. The predicted molar refractivity (Wildman–Crippen MR) is 69.9 cm³/mol. The highest BCUT2D eigenvalue weighted by Crippen LogP contribution is 2.46. The van der Waals surface area contributed by atoms with E-state index in [0.717, 1.165) is 23.1 Å². The van der Waals surface area contributed by atoms with Crippen molar-refractivity contribution >= 4 is 15.9 Å². The molecule has 0 heterocycles. The van der Waals surface area contributed by atoms with Crippen LogP contribution >= 0.6 is 15.9 Å². The zero-order valence-corrected chi connectivity index (χ0v) is 11.6. The third-order valence-corrected chi connectivity index (χ3v) is 3.91. The number of halogens is 1. The zero-order chi connectivity index (χ0) is 11.9. The molecular weight excluding hydrogens is 266 g/mol. The molecule has 1 aromatic rings. The summed E-state index contributed by atoms with van der Waals surface area (Å²) in [7, 11) is 1.72. The van der Waals surface area contributed by atoms with Gasteiger partial charge in [0.25, 0.3) is 0 Å². The second-order valence-electron chi connectivity index (χ2n) is 4.88. The summed E-state index contributed by atoms with van der Waals surface area (Å²) in [6.45, 7) is 4.33. The quantitative estimate of drug-likeness (QED) is 0.921. The van der Waals surface area contributed by atoms with E-state index in [1.54, 1.807) is 7.11 Å². The molecule has 2 N–H and O–H groups in total. The van der Waals surface area contributed by atoms with Gasteiger partial charge in [-0.2, -0.15) is 0 Å². The van der Waals surface area contributed by atoms with Gasteiger partial charge in [-0.25, -0.2) is 0 Å². The van der Waals surface area contributed by atoms with E-state index < -0.39 is 0 Å². The molecule has 0 aromatic heterocycles. The van der Waals surface area contributed by atoms with Crippen molar-refractivity contribution in [3.8, 4) is 5.75 Å². The number of hydrogen-bond donors (Lipinski definition) is 1. The molecule has 0 saturated heterocycles. The molecule has 0 amide bonds. The summed E-state index contributed by atoms with van der Waals surface area (Å²) >= 11 is 3.62. The van der Waals surface area contributed by atoms with Crippen LogP contribution in [0, 0.1) is 0 Å². The number of ether oxygens (including phenoxy) is 1. The number of methoxy groups -OCH3 is 1. The lowest BCUT2D eigenvalue weighted by Gasteiger charge is -2.18. The van der Waals surface area contributed by atoms with Gasteiger partial charge in [0.2, 0.25) is 0 Å². The molecule has 0 radical (unpaired) electrons. The van der Waals surface area contributed by atoms with Gasteiger partial charge >= 0.3 is 0 Å². The zero-order valence-electron chi connectivity index (χ0n) is 10.0. The van der Waals surface area contributed by atoms with Gasteiger partial charge in [-0.3, -0.25) is 0 Å². The monoisotopic (exact) mass is 283 g/mol. The Hall–Kier alpha value is -0.540. The lowest BCUT2D eigenvalue weighted by atomic mass is 9.97. The third-order valence-electron chi connectivity index (χ3n) is 3.25. The Labute approximate surface area is 105 Å². The fourth-order valence-corrected chi connectivity index (χ4v) is 2.93. The van der Waals surface area contributed by atoms with Crippen molar-refractivity contribution in [2.45, 2.75) is 38.1 Å². The molecule has 1 fully saturated rings. The Morgan fingerprint density at radius 1 is 1.38 bits per heavy atom. The van der Waals surface area contributed by atoms with E-state index in [4.69, 9.17) is 10.5 Å². The van der Waals surface area contributed by atoms with Crippen LogP contribution in [0.4, 0.5) is 0 Å². The van der Waals surface area contributed by atoms with Gasteiger partial charge < -0.3 is 10.5 Å². The molecule has 0 spiro atoms. The Bertz CT molecular complexity index is 411. The lowest BCUT2D eigenvalue weighted by molar-refractivity contribution is 0.406. The molecule has 0 unspecified atom stereocenters. The van der Waals surface area contributed by atoms with Crippen molar-refractivity contribution in [2.75, 3.05) is 7.11 Å². The lowest BCUT2D eigenvalue weighted by Crippen LogP contribution is -2.19. The Balaban J connectivity index is 2.50. The van der Waals surface area contributed by atoms with Crippen LogP contribution in [0.3, 0.4) is 0 Å². The molecule has 88 valence electrons. The molecule has 2 nitrogen and oxygen atoms in total. The molecule has 1 aliphatic rings. The van der Waals surface area contributed by atoms with E-state index in [1.165, 1.54) is 11.1 Å². The second kappa shape index (κ2) is 4.04. The average Bonchev–Trinajstić information content (AvgIpc) is 2.96. The first-order chi connectivity index (χ1) is 7.48. The molecular formula is C13H18BrNO. The van der Waals surface area contributed by atoms with Gasteiger partial charge in [-0.1, -0.05) is 29.8 Å². The fourth-order valence-electron chi connectivity index (χ4n) is 2.03. The van der Waals surface area contributed by atoms with E-state index in [9.17, 15) is 0 Å². The summed E-state index contributed by atoms with van der Waals surface area (Å²) < 4.78 is 6.57. The van der Waals surface area contributed by atoms with Gasteiger partial charge in [0.15, 0.2) is 0 Å². The van der Waals surface area contributed by atoms with Crippen molar-refractivity contribution in [3.05, 3.63) is 27.7 Å². The molecule has 2 rings (SSSR count). The smallest absolute Gasteiger partial charge is 0.123 e. The molecule has 16 heavy (non-hydrogen) atoms. The Morgan fingerprint density at radius 3 is 2.44 bits per heavy atom. The number of benzene rings is 1. The van der Waals surface area contributed by atoms with Crippen molar-refractivity contribution in [1.82, 2.24) is 0 Å². The minimum atomic E-state index is -0.106. The van der Waals surface area contributed by atoms with Gasteiger partial charge in [-0.15, -0.1) is 0 Å². The van der Waals surface area contributed by atoms with Crippen molar-refractivity contribution in [2.24, 2.45) is 5.73 Å². The van der Waals surface area contributed by atoms with Crippen LogP contribution in [-0.4, -0.2) is 7.11 Å². The highest BCUT2D eigenvalue weighted by atomic mass is 79.9. The second-order valence-corrected chi connectivity index (χ2v) is 5.74. The normalized spacial score (nSPS) is 17.6. The topological polar surface area (TPSA) is 35.2 Å². The van der Waals surface area contributed by atoms with Crippen LogP contribution in [-0.2, 0) is 5.54 Å². The van der Waals surface area contributed by atoms with E-state index in [2.05, 4.69) is 41.9 Å². The Morgan fingerprint density at radius 2 is 2.00 bits per heavy atom. The van der Waals surface area contributed by atoms with Gasteiger partial charge in [0.05, 0.1) is 7.11 Å². The first kappa shape index (κ1) is 11.9. The van der Waals surface area contributed by atoms with E-state index >= 15 is 0 Å². The van der Waals surface area contributed by atoms with Gasteiger partial charge in [0.1, 0.15) is 5.75 Å². The summed E-state index contributed by atoms with van der Waals surface area (Å²) in [5.74, 6) is 1.38. The minimum Gasteiger partial charge on any atom is -0.496 e. The van der Waals surface area contributed by atoms with E-state index in [0.29, 0.717) is 5.92 Å². The van der Waals surface area contributed by atoms with Crippen LogP contribution in [0.2, 0.25) is 0 Å². The van der Waals surface area contributed by atoms with Crippen LogP contribution in [0.1, 0.15) is 43.7 Å². The van der Waals surface area contributed by atoms with Crippen LogP contribution in [0.25, 0.3) is 0 Å². The summed E-state index contributed by atoms with van der Waals surface area (Å²) in [6.07, 6.45) is 2.15. The molecule has 0 bridgehead atoms. The standard InChI is InChI=1S/C13H18BrNO/c1-8(2)12-10(14)6-9(7-11(12)16-3)13(15)4-5-13/h6-8H,4-5,15H2,1-3H3. The van der Waals surface area contributed by atoms with Gasteiger partial charge in [-0.05, 0) is 36.5 Å². The molecule has 3 heteroatoms. The predicted octanol–water partition coefficient (Wildman–Crippen LogP) is 3.53.